The summed E-state index contributed by atoms with van der Waals surface area (Å²) in [5.41, 5.74) is 0.354. The zero-order valence-corrected chi connectivity index (χ0v) is 14.8. The summed E-state index contributed by atoms with van der Waals surface area (Å²) in [5, 5.41) is 0. The van der Waals surface area contributed by atoms with Gasteiger partial charge in [-0.1, -0.05) is 32.1 Å². The summed E-state index contributed by atoms with van der Waals surface area (Å²) in [6.45, 7) is 8.75. The monoisotopic (exact) mass is 324 g/mol. The number of hydrogen-bond acceptors (Lipinski definition) is 3. The van der Waals surface area contributed by atoms with E-state index in [4.69, 9.17) is 4.74 Å². The molecular weight excluding hydrogens is 299 g/mol. The van der Waals surface area contributed by atoms with Gasteiger partial charge in [0.1, 0.15) is 11.7 Å². The van der Waals surface area contributed by atoms with Crippen molar-refractivity contribution in [1.29, 1.82) is 0 Å². The van der Waals surface area contributed by atoms with E-state index in [0.717, 1.165) is 12.5 Å². The predicted octanol–water partition coefficient (Wildman–Crippen LogP) is 4.31. The van der Waals surface area contributed by atoms with Crippen LogP contribution >= 0.6 is 0 Å². The molecule has 1 rings (SSSR count). The number of halogens is 1. The third-order valence-corrected chi connectivity index (χ3v) is 5.29. The number of carbonyl (C=O) groups excluding carboxylic acids is 2. The van der Waals surface area contributed by atoms with E-state index in [1.54, 1.807) is 6.92 Å². The molecule has 0 saturated carbocycles. The molecule has 1 atom stereocenters. The summed E-state index contributed by atoms with van der Waals surface area (Å²) in [6, 6.07) is 6.36. The van der Waals surface area contributed by atoms with Crippen molar-refractivity contribution >= 4 is 19.8 Å². The molecule has 0 aliphatic heterocycles. The number of rotatable bonds is 8. The molecule has 0 amide bonds. The van der Waals surface area contributed by atoms with Crippen LogP contribution in [0.2, 0.25) is 25.7 Å². The van der Waals surface area contributed by atoms with Crippen molar-refractivity contribution in [3.63, 3.8) is 0 Å². The van der Waals surface area contributed by atoms with Crippen LogP contribution in [0.5, 0.6) is 0 Å². The van der Waals surface area contributed by atoms with E-state index < -0.39 is 25.8 Å². The number of ketones is 1. The topological polar surface area (TPSA) is 43.4 Å². The van der Waals surface area contributed by atoms with Crippen LogP contribution in [0.25, 0.3) is 0 Å². The van der Waals surface area contributed by atoms with Gasteiger partial charge in [-0.05, 0) is 37.6 Å². The number of esters is 1. The first-order valence-electron chi connectivity index (χ1n) is 7.71. The minimum atomic E-state index is -1.21. The van der Waals surface area contributed by atoms with Crippen LogP contribution in [0.4, 0.5) is 4.39 Å². The predicted molar refractivity (Wildman–Crippen MR) is 88.2 cm³/mol. The Bertz CT molecular complexity index is 506. The highest BCUT2D eigenvalue weighted by molar-refractivity contribution is 6.76. The van der Waals surface area contributed by atoms with Crippen molar-refractivity contribution < 1.29 is 18.7 Å². The van der Waals surface area contributed by atoms with Crippen molar-refractivity contribution in [2.75, 3.05) is 6.61 Å². The Morgan fingerprint density at radius 2 is 1.77 bits per heavy atom. The molecule has 0 heterocycles. The Kier molecular flexibility index (Phi) is 6.93. The Hall–Kier alpha value is -1.49. The second-order valence-corrected chi connectivity index (χ2v) is 12.2. The highest BCUT2D eigenvalue weighted by Crippen LogP contribution is 2.21. The lowest BCUT2D eigenvalue weighted by Crippen LogP contribution is -2.27. The second kappa shape index (κ2) is 8.22. The standard InChI is InChI=1S/C17H25FO3Si/c1-5-21-17(20)15(7-6-12-22(2,3)4)16(19)13-8-10-14(18)11-9-13/h8-11,15H,5-7,12H2,1-4H3. The van der Waals surface area contributed by atoms with Gasteiger partial charge in [0.15, 0.2) is 5.78 Å². The first-order valence-corrected chi connectivity index (χ1v) is 11.4. The highest BCUT2D eigenvalue weighted by Gasteiger charge is 2.29. The van der Waals surface area contributed by atoms with Crippen molar-refractivity contribution in [2.24, 2.45) is 5.92 Å². The molecule has 1 aromatic carbocycles. The van der Waals surface area contributed by atoms with Crippen molar-refractivity contribution in [3.8, 4) is 0 Å². The lowest BCUT2D eigenvalue weighted by Gasteiger charge is -2.18. The molecule has 0 aliphatic rings. The lowest BCUT2D eigenvalue weighted by atomic mass is 9.93. The molecule has 0 aliphatic carbocycles. The average molecular weight is 324 g/mol. The van der Waals surface area contributed by atoms with Gasteiger partial charge in [-0.15, -0.1) is 0 Å². The van der Waals surface area contributed by atoms with Gasteiger partial charge in [0.05, 0.1) is 6.61 Å². The van der Waals surface area contributed by atoms with E-state index >= 15 is 0 Å². The molecule has 0 bridgehead atoms. The summed E-state index contributed by atoms with van der Waals surface area (Å²) >= 11 is 0. The van der Waals surface area contributed by atoms with Gasteiger partial charge in [-0.2, -0.15) is 0 Å². The normalized spacial score (nSPS) is 12.8. The lowest BCUT2D eigenvalue weighted by molar-refractivity contribution is -0.146. The molecule has 5 heteroatoms. The maximum absolute atomic E-state index is 13.0. The van der Waals surface area contributed by atoms with Crippen molar-refractivity contribution in [3.05, 3.63) is 35.6 Å². The maximum atomic E-state index is 13.0. The third kappa shape index (κ3) is 6.09. The van der Waals surface area contributed by atoms with E-state index in [1.807, 2.05) is 0 Å². The van der Waals surface area contributed by atoms with E-state index in [2.05, 4.69) is 19.6 Å². The molecule has 0 radical (unpaired) electrons. The van der Waals surface area contributed by atoms with E-state index in [9.17, 15) is 14.0 Å². The molecule has 0 aromatic heterocycles. The Labute approximate surface area is 132 Å². The first kappa shape index (κ1) is 18.6. The summed E-state index contributed by atoms with van der Waals surface area (Å²) < 4.78 is 18.0. The first-order chi connectivity index (χ1) is 10.2. The van der Waals surface area contributed by atoms with Crippen LogP contribution in [0.15, 0.2) is 24.3 Å². The molecule has 0 spiro atoms. The van der Waals surface area contributed by atoms with Gasteiger partial charge < -0.3 is 4.74 Å². The van der Waals surface area contributed by atoms with Gasteiger partial charge in [0.2, 0.25) is 0 Å². The Balaban J connectivity index is 2.82. The quantitative estimate of drug-likeness (QED) is 0.310. The molecule has 0 saturated heterocycles. The molecule has 3 nitrogen and oxygen atoms in total. The van der Waals surface area contributed by atoms with Crippen LogP contribution in [-0.4, -0.2) is 26.4 Å². The van der Waals surface area contributed by atoms with Gasteiger partial charge in [0, 0.05) is 13.6 Å². The zero-order chi connectivity index (χ0) is 16.8. The zero-order valence-electron chi connectivity index (χ0n) is 13.8. The molecule has 1 unspecified atom stereocenters. The minimum absolute atomic E-state index is 0.250. The second-order valence-electron chi connectivity index (χ2n) is 6.63. The molecule has 0 N–H and O–H groups in total. The van der Waals surface area contributed by atoms with Crippen molar-refractivity contribution in [1.82, 2.24) is 0 Å². The summed E-state index contributed by atoms with van der Waals surface area (Å²) in [7, 11) is -1.21. The number of ether oxygens (including phenoxy) is 1. The number of Topliss-reactive ketones (excluding diaryl/α,β-unsaturated/α-hetero) is 1. The minimum Gasteiger partial charge on any atom is -0.465 e. The van der Waals surface area contributed by atoms with E-state index in [-0.39, 0.29) is 12.4 Å². The van der Waals surface area contributed by atoms with Gasteiger partial charge in [-0.3, -0.25) is 9.59 Å². The van der Waals surface area contributed by atoms with Crippen LogP contribution in [0.1, 0.15) is 30.1 Å². The number of carbonyl (C=O) groups is 2. The van der Waals surface area contributed by atoms with Crippen LogP contribution in [0, 0.1) is 11.7 Å². The van der Waals surface area contributed by atoms with Crippen LogP contribution in [0.3, 0.4) is 0 Å². The molecule has 1 aromatic rings. The average Bonchev–Trinajstić information content (AvgIpc) is 2.43. The van der Waals surface area contributed by atoms with Crippen LogP contribution < -0.4 is 0 Å². The summed E-state index contributed by atoms with van der Waals surface area (Å²) in [6.07, 6.45) is 1.31. The largest absolute Gasteiger partial charge is 0.465 e. The fourth-order valence-corrected chi connectivity index (χ4v) is 3.52. The molecule has 22 heavy (non-hydrogen) atoms. The maximum Gasteiger partial charge on any atom is 0.316 e. The smallest absolute Gasteiger partial charge is 0.316 e. The number of benzene rings is 1. The Morgan fingerprint density at radius 3 is 2.27 bits per heavy atom. The molecule has 0 fully saturated rings. The summed E-state index contributed by atoms with van der Waals surface area (Å²) in [5.74, 6) is -1.95. The van der Waals surface area contributed by atoms with Gasteiger partial charge >= 0.3 is 5.97 Å². The molecular formula is C17H25FO3Si. The van der Waals surface area contributed by atoms with Crippen LogP contribution in [-0.2, 0) is 9.53 Å². The third-order valence-electron chi connectivity index (χ3n) is 3.44. The fourth-order valence-electron chi connectivity index (χ4n) is 2.25. The summed E-state index contributed by atoms with van der Waals surface area (Å²) in [4.78, 5) is 24.6. The van der Waals surface area contributed by atoms with Gasteiger partial charge in [0.25, 0.3) is 0 Å². The molecule has 122 valence electrons. The van der Waals surface area contributed by atoms with E-state index in [1.165, 1.54) is 24.3 Å². The SMILES string of the molecule is CCOC(=O)C(CCC[Si](C)(C)C)C(=O)c1ccc(F)cc1. The Morgan fingerprint density at radius 1 is 1.18 bits per heavy atom. The fraction of sp³-hybridized carbons (Fsp3) is 0.529. The van der Waals surface area contributed by atoms with E-state index in [0.29, 0.717) is 12.0 Å². The highest BCUT2D eigenvalue weighted by atomic mass is 28.3. The van der Waals surface area contributed by atoms with Gasteiger partial charge in [-0.25, -0.2) is 4.39 Å². The number of hydrogen-bond donors (Lipinski definition) is 0. The van der Waals surface area contributed by atoms with Crippen molar-refractivity contribution in [2.45, 2.75) is 45.5 Å².